The molecular formula is C17H27ClN2O. The van der Waals surface area contributed by atoms with Gasteiger partial charge >= 0.3 is 0 Å². The van der Waals surface area contributed by atoms with Crippen LogP contribution in [-0.4, -0.2) is 35.2 Å². The quantitative estimate of drug-likeness (QED) is 0.812. The topological polar surface area (TPSA) is 49.5 Å². The molecule has 3 N–H and O–H groups in total. The van der Waals surface area contributed by atoms with E-state index in [0.29, 0.717) is 12.6 Å². The second-order valence-corrected chi connectivity index (χ2v) is 6.35. The predicted octanol–water partition coefficient (Wildman–Crippen LogP) is 3.36. The molecule has 0 bridgehead atoms. The molecule has 1 aromatic carbocycles. The van der Waals surface area contributed by atoms with E-state index in [-0.39, 0.29) is 18.7 Å². The van der Waals surface area contributed by atoms with Gasteiger partial charge in [0.1, 0.15) is 0 Å². The first-order chi connectivity index (χ1) is 10.2. The number of benzene rings is 1. The van der Waals surface area contributed by atoms with E-state index in [4.69, 9.17) is 17.3 Å². The van der Waals surface area contributed by atoms with E-state index in [9.17, 15) is 5.11 Å². The summed E-state index contributed by atoms with van der Waals surface area (Å²) in [6.45, 7) is 2.93. The van der Waals surface area contributed by atoms with E-state index in [1.807, 2.05) is 18.2 Å². The minimum absolute atomic E-state index is 0.0250. The summed E-state index contributed by atoms with van der Waals surface area (Å²) in [5.41, 5.74) is 7.53. The zero-order chi connectivity index (χ0) is 15.2. The fourth-order valence-electron chi connectivity index (χ4n) is 3.49. The van der Waals surface area contributed by atoms with Crippen LogP contribution in [0.15, 0.2) is 24.3 Å². The monoisotopic (exact) mass is 310 g/mol. The summed E-state index contributed by atoms with van der Waals surface area (Å²) in [6.07, 6.45) is 5.81. The van der Waals surface area contributed by atoms with Crippen LogP contribution < -0.4 is 5.73 Å². The van der Waals surface area contributed by atoms with Gasteiger partial charge in [0.2, 0.25) is 0 Å². The lowest BCUT2D eigenvalue weighted by molar-refractivity contribution is 0.0882. The molecule has 2 unspecified atom stereocenters. The number of aliphatic hydroxyl groups is 1. The molecule has 3 nitrogen and oxygen atoms in total. The van der Waals surface area contributed by atoms with E-state index in [1.54, 1.807) is 0 Å². The largest absolute Gasteiger partial charge is 0.395 e. The lowest BCUT2D eigenvalue weighted by atomic mass is 9.94. The number of hydrogen-bond donors (Lipinski definition) is 2. The zero-order valence-corrected chi connectivity index (χ0v) is 13.6. The molecule has 1 aliphatic carbocycles. The normalized spacial score (nSPS) is 19.1. The van der Waals surface area contributed by atoms with Gasteiger partial charge < -0.3 is 10.8 Å². The van der Waals surface area contributed by atoms with Crippen molar-refractivity contribution in [3.8, 4) is 0 Å². The van der Waals surface area contributed by atoms with Gasteiger partial charge in [-0.1, -0.05) is 49.6 Å². The molecule has 0 spiro atoms. The molecule has 0 aromatic heterocycles. The fourth-order valence-corrected chi connectivity index (χ4v) is 3.74. The average Bonchev–Trinajstić information content (AvgIpc) is 3.02. The van der Waals surface area contributed by atoms with Crippen molar-refractivity contribution >= 4 is 11.6 Å². The summed E-state index contributed by atoms with van der Waals surface area (Å²) in [7, 11) is 0. The van der Waals surface area contributed by atoms with E-state index < -0.39 is 0 Å². The highest BCUT2D eigenvalue weighted by Gasteiger charge is 2.33. The molecule has 1 aromatic rings. The third-order valence-electron chi connectivity index (χ3n) is 4.61. The predicted molar refractivity (Wildman–Crippen MR) is 88.5 cm³/mol. The van der Waals surface area contributed by atoms with E-state index in [2.05, 4.69) is 17.9 Å². The van der Waals surface area contributed by atoms with Gasteiger partial charge in [0, 0.05) is 23.7 Å². The number of aliphatic hydroxyl groups excluding tert-OH is 1. The van der Waals surface area contributed by atoms with Crippen molar-refractivity contribution < 1.29 is 5.11 Å². The molecule has 1 saturated carbocycles. The number of nitrogens with two attached hydrogens (primary N) is 1. The molecule has 4 heteroatoms. The first-order valence-electron chi connectivity index (χ1n) is 8.05. The molecular weight excluding hydrogens is 284 g/mol. The van der Waals surface area contributed by atoms with Crippen LogP contribution in [0.4, 0.5) is 0 Å². The molecule has 2 rings (SSSR count). The van der Waals surface area contributed by atoms with Crippen LogP contribution in [0.2, 0.25) is 5.02 Å². The number of rotatable bonds is 7. The SMILES string of the molecule is CCC(N)C(c1ccccc1Cl)N(CCO)C1CCCC1. The summed E-state index contributed by atoms with van der Waals surface area (Å²) in [4.78, 5) is 2.39. The highest BCUT2D eigenvalue weighted by molar-refractivity contribution is 6.31. The summed E-state index contributed by atoms with van der Waals surface area (Å²) in [6, 6.07) is 8.58. The van der Waals surface area contributed by atoms with Crippen LogP contribution in [0, 0.1) is 0 Å². The second-order valence-electron chi connectivity index (χ2n) is 5.94. The van der Waals surface area contributed by atoms with Crippen molar-refractivity contribution in [2.24, 2.45) is 5.73 Å². The Balaban J connectivity index is 2.34. The Morgan fingerprint density at radius 1 is 1.33 bits per heavy atom. The molecule has 1 fully saturated rings. The summed E-state index contributed by atoms with van der Waals surface area (Å²) < 4.78 is 0. The molecule has 0 radical (unpaired) electrons. The van der Waals surface area contributed by atoms with E-state index in [0.717, 1.165) is 17.0 Å². The van der Waals surface area contributed by atoms with Crippen molar-refractivity contribution in [3.05, 3.63) is 34.9 Å². The molecule has 0 saturated heterocycles. The number of hydrogen-bond acceptors (Lipinski definition) is 3. The van der Waals surface area contributed by atoms with Crippen molar-refractivity contribution in [1.82, 2.24) is 4.90 Å². The maximum atomic E-state index is 9.50. The maximum absolute atomic E-state index is 9.50. The Morgan fingerprint density at radius 3 is 2.57 bits per heavy atom. The van der Waals surface area contributed by atoms with Crippen LogP contribution in [0.3, 0.4) is 0 Å². The molecule has 118 valence electrons. The molecule has 21 heavy (non-hydrogen) atoms. The Hall–Kier alpha value is -0.610. The van der Waals surface area contributed by atoms with Gasteiger partial charge in [-0.15, -0.1) is 0 Å². The molecule has 1 aliphatic rings. The van der Waals surface area contributed by atoms with Crippen molar-refractivity contribution in [1.29, 1.82) is 0 Å². The van der Waals surface area contributed by atoms with Crippen LogP contribution in [0.5, 0.6) is 0 Å². The van der Waals surface area contributed by atoms with Gasteiger partial charge in [0.15, 0.2) is 0 Å². The van der Waals surface area contributed by atoms with Gasteiger partial charge in [-0.3, -0.25) is 4.90 Å². The fraction of sp³-hybridized carbons (Fsp3) is 0.647. The lowest BCUT2D eigenvalue weighted by Gasteiger charge is -2.39. The molecule has 0 aliphatic heterocycles. The molecule has 2 atom stereocenters. The average molecular weight is 311 g/mol. The summed E-state index contributed by atoms with van der Waals surface area (Å²) >= 11 is 6.43. The molecule has 0 amide bonds. The van der Waals surface area contributed by atoms with Gasteiger partial charge in [-0.05, 0) is 30.9 Å². The van der Waals surface area contributed by atoms with Gasteiger partial charge in [0.05, 0.1) is 12.6 Å². The van der Waals surface area contributed by atoms with Crippen LogP contribution in [-0.2, 0) is 0 Å². The highest BCUT2D eigenvalue weighted by atomic mass is 35.5. The summed E-state index contributed by atoms with van der Waals surface area (Å²) in [5.74, 6) is 0. The third kappa shape index (κ3) is 3.98. The van der Waals surface area contributed by atoms with Crippen LogP contribution in [0.25, 0.3) is 0 Å². The number of halogens is 1. The van der Waals surface area contributed by atoms with E-state index >= 15 is 0 Å². The number of nitrogens with zero attached hydrogens (tertiary/aromatic N) is 1. The Bertz CT molecular complexity index is 435. The Morgan fingerprint density at radius 2 is 2.00 bits per heavy atom. The first kappa shape index (κ1) is 16.8. The lowest BCUT2D eigenvalue weighted by Crippen LogP contribution is -2.46. The Kier molecular flexibility index (Phi) is 6.49. The van der Waals surface area contributed by atoms with Crippen molar-refractivity contribution in [2.75, 3.05) is 13.2 Å². The maximum Gasteiger partial charge on any atom is 0.0558 e. The third-order valence-corrected chi connectivity index (χ3v) is 4.95. The second kappa shape index (κ2) is 8.14. The highest BCUT2D eigenvalue weighted by Crippen LogP contribution is 2.35. The van der Waals surface area contributed by atoms with Gasteiger partial charge in [0.25, 0.3) is 0 Å². The van der Waals surface area contributed by atoms with Crippen molar-refractivity contribution in [2.45, 2.75) is 57.2 Å². The van der Waals surface area contributed by atoms with E-state index in [1.165, 1.54) is 25.7 Å². The van der Waals surface area contributed by atoms with Crippen LogP contribution in [0.1, 0.15) is 50.6 Å². The van der Waals surface area contributed by atoms with Gasteiger partial charge in [-0.25, -0.2) is 0 Å². The zero-order valence-electron chi connectivity index (χ0n) is 12.8. The smallest absolute Gasteiger partial charge is 0.0558 e. The standard InChI is InChI=1S/C17H27ClN2O/c1-2-16(19)17(14-9-5-6-10-15(14)18)20(11-12-21)13-7-3-4-8-13/h5-6,9-10,13,16-17,21H,2-4,7-8,11-12,19H2,1H3. The minimum Gasteiger partial charge on any atom is -0.395 e. The van der Waals surface area contributed by atoms with Gasteiger partial charge in [-0.2, -0.15) is 0 Å². The minimum atomic E-state index is 0.0250. The van der Waals surface area contributed by atoms with Crippen LogP contribution >= 0.6 is 11.6 Å². The Labute approximate surface area is 133 Å². The molecule has 0 heterocycles. The van der Waals surface area contributed by atoms with Crippen molar-refractivity contribution in [3.63, 3.8) is 0 Å². The first-order valence-corrected chi connectivity index (χ1v) is 8.43. The summed E-state index contributed by atoms with van der Waals surface area (Å²) in [5, 5.41) is 10.3.